The number of para-hydroxylation sites is 2. The zero-order valence-corrected chi connectivity index (χ0v) is 23.5. The molecule has 0 fully saturated rings. The van der Waals surface area contributed by atoms with Crippen LogP contribution in [0.5, 0.6) is 0 Å². The van der Waals surface area contributed by atoms with Gasteiger partial charge in [0.25, 0.3) is 0 Å². The summed E-state index contributed by atoms with van der Waals surface area (Å²) < 4.78 is 4.40. The minimum absolute atomic E-state index is 0.573. The van der Waals surface area contributed by atoms with Gasteiger partial charge in [-0.25, -0.2) is 15.0 Å². The minimum Gasteiger partial charge on any atom is -0.307 e. The average molecular weight is 565 g/mol. The van der Waals surface area contributed by atoms with E-state index in [9.17, 15) is 0 Å². The van der Waals surface area contributed by atoms with Crippen LogP contribution in [0.2, 0.25) is 0 Å². The standard InChI is InChI=1S/C38H24N6/c1-4-13-25(14-5-1)30-23-31(26-15-6-2-7-16-26)42-38(41-30)44-32-20-11-10-19-28(32)34-36-29(24-40-37(34)44)35-33(21-12-22-39-35)43(36)27-17-8-3-9-18-27/h1-24H. The maximum absolute atomic E-state index is 5.17. The Morgan fingerprint density at radius 3 is 1.82 bits per heavy atom. The molecule has 0 atom stereocenters. The Morgan fingerprint density at radius 2 is 1.11 bits per heavy atom. The molecule has 0 radical (unpaired) electrons. The number of fused-ring (bicyclic) bond motifs is 7. The quantitative estimate of drug-likeness (QED) is 0.214. The largest absolute Gasteiger partial charge is 0.307 e. The molecule has 5 heterocycles. The molecule has 0 N–H and O–H groups in total. The summed E-state index contributed by atoms with van der Waals surface area (Å²) in [5.74, 6) is 0.573. The molecular weight excluding hydrogens is 540 g/mol. The molecule has 0 aliphatic rings. The molecule has 0 aliphatic carbocycles. The van der Waals surface area contributed by atoms with Crippen LogP contribution in [-0.2, 0) is 0 Å². The Labute approximate surface area is 252 Å². The Hall–Kier alpha value is -6.14. The molecule has 206 valence electrons. The highest BCUT2D eigenvalue weighted by molar-refractivity contribution is 6.24. The number of hydrogen-bond donors (Lipinski definition) is 0. The number of pyridine rings is 2. The fourth-order valence-electron chi connectivity index (χ4n) is 6.31. The van der Waals surface area contributed by atoms with Crippen LogP contribution >= 0.6 is 0 Å². The van der Waals surface area contributed by atoms with E-state index < -0.39 is 0 Å². The third kappa shape index (κ3) is 3.68. The van der Waals surface area contributed by atoms with Gasteiger partial charge in [-0.15, -0.1) is 0 Å². The third-order valence-electron chi connectivity index (χ3n) is 8.23. The van der Waals surface area contributed by atoms with Crippen molar-refractivity contribution >= 4 is 43.9 Å². The van der Waals surface area contributed by atoms with Crippen LogP contribution in [0.1, 0.15) is 0 Å². The molecule has 0 aliphatic heterocycles. The molecule has 0 saturated carbocycles. The van der Waals surface area contributed by atoms with Crippen LogP contribution in [0.25, 0.3) is 78.0 Å². The summed E-state index contributed by atoms with van der Waals surface area (Å²) in [5, 5.41) is 3.12. The molecule has 0 unspecified atom stereocenters. The van der Waals surface area contributed by atoms with Gasteiger partial charge in [0.05, 0.1) is 38.8 Å². The minimum atomic E-state index is 0.573. The van der Waals surface area contributed by atoms with E-state index in [1.54, 1.807) is 0 Å². The van der Waals surface area contributed by atoms with E-state index in [2.05, 4.69) is 94.1 Å². The Balaban J connectivity index is 1.43. The Kier molecular flexibility index (Phi) is 5.40. The van der Waals surface area contributed by atoms with Crippen molar-refractivity contribution in [1.82, 2.24) is 29.1 Å². The van der Waals surface area contributed by atoms with Crippen molar-refractivity contribution in [3.63, 3.8) is 0 Å². The lowest BCUT2D eigenvalue weighted by atomic mass is 10.1. The zero-order chi connectivity index (χ0) is 29.0. The van der Waals surface area contributed by atoms with E-state index in [4.69, 9.17) is 19.9 Å². The second kappa shape index (κ2) is 9.71. The van der Waals surface area contributed by atoms with Crippen LogP contribution in [0, 0.1) is 0 Å². The molecule has 0 spiro atoms. The van der Waals surface area contributed by atoms with Crippen molar-refractivity contribution in [2.45, 2.75) is 0 Å². The Morgan fingerprint density at radius 1 is 0.500 bits per heavy atom. The van der Waals surface area contributed by atoms with Crippen LogP contribution in [0.4, 0.5) is 0 Å². The lowest BCUT2D eigenvalue weighted by Gasteiger charge is -2.11. The van der Waals surface area contributed by atoms with Crippen LogP contribution in [0.15, 0.2) is 146 Å². The van der Waals surface area contributed by atoms with Crippen LogP contribution in [0.3, 0.4) is 0 Å². The molecule has 6 heteroatoms. The van der Waals surface area contributed by atoms with Gasteiger partial charge in [0, 0.05) is 40.0 Å². The van der Waals surface area contributed by atoms with E-state index in [1.165, 1.54) is 0 Å². The van der Waals surface area contributed by atoms with E-state index in [0.717, 1.165) is 72.1 Å². The highest BCUT2D eigenvalue weighted by Crippen LogP contribution is 2.40. The first kappa shape index (κ1) is 24.5. The van der Waals surface area contributed by atoms with Crippen molar-refractivity contribution in [3.05, 3.63) is 146 Å². The van der Waals surface area contributed by atoms with Gasteiger partial charge < -0.3 is 4.57 Å². The number of rotatable bonds is 4. The van der Waals surface area contributed by atoms with Gasteiger partial charge >= 0.3 is 0 Å². The van der Waals surface area contributed by atoms with Crippen molar-refractivity contribution in [2.75, 3.05) is 0 Å². The topological polar surface area (TPSA) is 61.4 Å². The van der Waals surface area contributed by atoms with Gasteiger partial charge in [-0.2, -0.15) is 0 Å². The summed E-state index contributed by atoms with van der Waals surface area (Å²) in [4.78, 5) is 20.3. The lowest BCUT2D eigenvalue weighted by molar-refractivity contribution is 0.982. The van der Waals surface area contributed by atoms with E-state index in [0.29, 0.717) is 5.95 Å². The van der Waals surface area contributed by atoms with Gasteiger partial charge in [0.2, 0.25) is 5.95 Å². The van der Waals surface area contributed by atoms with E-state index in [-0.39, 0.29) is 0 Å². The number of nitrogens with zero attached hydrogens (tertiary/aromatic N) is 6. The number of benzene rings is 4. The smallest absolute Gasteiger partial charge is 0.237 e. The summed E-state index contributed by atoms with van der Waals surface area (Å²) in [7, 11) is 0. The van der Waals surface area contributed by atoms with Crippen LogP contribution < -0.4 is 0 Å². The fraction of sp³-hybridized carbons (Fsp3) is 0. The van der Waals surface area contributed by atoms with Crippen molar-refractivity contribution < 1.29 is 0 Å². The molecule has 6 nitrogen and oxygen atoms in total. The average Bonchev–Trinajstić information content (AvgIpc) is 3.62. The summed E-state index contributed by atoms with van der Waals surface area (Å²) in [6.45, 7) is 0. The summed E-state index contributed by atoms with van der Waals surface area (Å²) in [6, 6.07) is 45.6. The monoisotopic (exact) mass is 564 g/mol. The highest BCUT2D eigenvalue weighted by Gasteiger charge is 2.23. The van der Waals surface area contributed by atoms with Gasteiger partial charge in [-0.3, -0.25) is 9.55 Å². The molecule has 0 bridgehead atoms. The predicted octanol–water partition coefficient (Wildman–Crippen LogP) is 8.79. The van der Waals surface area contributed by atoms with Gasteiger partial charge in [-0.1, -0.05) is 97.1 Å². The Bertz CT molecular complexity index is 2420. The van der Waals surface area contributed by atoms with Crippen LogP contribution in [-0.4, -0.2) is 29.1 Å². The first-order valence-corrected chi connectivity index (χ1v) is 14.6. The zero-order valence-electron chi connectivity index (χ0n) is 23.5. The number of hydrogen-bond acceptors (Lipinski definition) is 4. The highest BCUT2D eigenvalue weighted by atomic mass is 15.2. The molecule has 9 aromatic rings. The molecule has 9 rings (SSSR count). The first-order chi connectivity index (χ1) is 21.8. The molecule has 4 aromatic carbocycles. The summed E-state index contributed by atoms with van der Waals surface area (Å²) in [6.07, 6.45) is 3.79. The molecule has 0 saturated heterocycles. The second-order valence-corrected chi connectivity index (χ2v) is 10.8. The summed E-state index contributed by atoms with van der Waals surface area (Å²) in [5.41, 5.74) is 9.63. The number of aromatic nitrogens is 6. The molecule has 5 aromatic heterocycles. The van der Waals surface area contributed by atoms with Gasteiger partial charge in [0.1, 0.15) is 5.65 Å². The molecule has 44 heavy (non-hydrogen) atoms. The molecular formula is C38H24N6. The van der Waals surface area contributed by atoms with Crippen molar-refractivity contribution in [1.29, 1.82) is 0 Å². The fourth-order valence-corrected chi connectivity index (χ4v) is 6.31. The normalized spacial score (nSPS) is 11.6. The van der Waals surface area contributed by atoms with Crippen molar-refractivity contribution in [3.8, 4) is 34.2 Å². The van der Waals surface area contributed by atoms with E-state index in [1.807, 2.05) is 60.9 Å². The maximum atomic E-state index is 5.17. The SMILES string of the molecule is c1ccc(-c2cc(-c3ccccc3)nc(-n3c4ccccc4c4c3ncc3c5ncccc5n(-c5ccccc5)c34)n2)cc1. The van der Waals surface area contributed by atoms with Crippen molar-refractivity contribution in [2.24, 2.45) is 0 Å². The second-order valence-electron chi connectivity index (χ2n) is 10.8. The lowest BCUT2D eigenvalue weighted by Crippen LogP contribution is -2.04. The predicted molar refractivity (Wildman–Crippen MR) is 177 cm³/mol. The first-order valence-electron chi connectivity index (χ1n) is 14.6. The third-order valence-corrected chi connectivity index (χ3v) is 8.23. The summed E-state index contributed by atoms with van der Waals surface area (Å²) >= 11 is 0. The van der Waals surface area contributed by atoms with Gasteiger partial charge in [0.15, 0.2) is 0 Å². The van der Waals surface area contributed by atoms with Gasteiger partial charge in [-0.05, 0) is 36.4 Å². The maximum Gasteiger partial charge on any atom is 0.237 e. The van der Waals surface area contributed by atoms with E-state index >= 15 is 0 Å². The molecule has 0 amide bonds.